The average Bonchev–Trinajstić information content (AvgIpc) is 1.95. The summed E-state index contributed by atoms with van der Waals surface area (Å²) in [5, 5.41) is 11.2. The molecule has 1 aromatic carbocycles. The monoisotopic (exact) mass is 175 g/mol. The van der Waals surface area contributed by atoms with Crippen LogP contribution in [-0.2, 0) is 6.61 Å². The van der Waals surface area contributed by atoms with Gasteiger partial charge in [0, 0.05) is 0 Å². The van der Waals surface area contributed by atoms with Gasteiger partial charge in [-0.2, -0.15) is 0 Å². The van der Waals surface area contributed by atoms with Gasteiger partial charge < -0.3 is 5.11 Å². The van der Waals surface area contributed by atoms with Crippen LogP contribution in [0.2, 0.25) is 10.0 Å². The van der Waals surface area contributed by atoms with E-state index in [1.807, 2.05) is 0 Å². The van der Waals surface area contributed by atoms with Gasteiger partial charge in [-0.15, -0.1) is 6.61 Å². The average molecular weight is 176 g/mol. The first kappa shape index (κ1) is 7.86. The lowest BCUT2D eigenvalue weighted by atomic mass is 10.2. The van der Waals surface area contributed by atoms with E-state index < -0.39 is 0 Å². The van der Waals surface area contributed by atoms with Crippen LogP contribution in [0.15, 0.2) is 18.2 Å². The van der Waals surface area contributed by atoms with Crippen LogP contribution in [0.3, 0.4) is 0 Å². The van der Waals surface area contributed by atoms with E-state index in [1.165, 1.54) is 0 Å². The minimum atomic E-state index is -0.253. The van der Waals surface area contributed by atoms with Crippen molar-refractivity contribution < 1.29 is 5.11 Å². The van der Waals surface area contributed by atoms with Crippen molar-refractivity contribution in [2.45, 2.75) is 6.61 Å². The molecule has 0 aliphatic heterocycles. The minimum absolute atomic E-state index is 0.253. The summed E-state index contributed by atoms with van der Waals surface area (Å²) in [6.45, 7) is -0.253. The molecule has 0 fully saturated rings. The molecule has 0 aliphatic rings. The Bertz CT molecular complexity index is 235. The van der Waals surface area contributed by atoms with E-state index >= 15 is 0 Å². The maximum absolute atomic E-state index is 10.3. The second-order valence-corrected chi connectivity index (χ2v) is 2.71. The van der Waals surface area contributed by atoms with E-state index in [1.54, 1.807) is 18.2 Å². The third-order valence-corrected chi connectivity index (χ3v) is 1.89. The summed E-state index contributed by atoms with van der Waals surface area (Å²) in [6.07, 6.45) is 0. The zero-order chi connectivity index (χ0) is 7.56. The molecule has 0 amide bonds. The van der Waals surface area contributed by atoms with E-state index in [9.17, 15) is 5.11 Å². The lowest BCUT2D eigenvalue weighted by molar-refractivity contribution is -0.386. The van der Waals surface area contributed by atoms with Gasteiger partial charge in [-0.1, -0.05) is 34.8 Å². The molecule has 0 heterocycles. The fraction of sp³-hybridized carbons (Fsp3) is 0.143. The molecular weight excluding hydrogens is 171 g/mol. The third-order valence-electron chi connectivity index (χ3n) is 1.15. The van der Waals surface area contributed by atoms with Crippen LogP contribution in [-0.4, -0.2) is 0 Å². The van der Waals surface area contributed by atoms with Gasteiger partial charge in [-0.3, -0.25) is 0 Å². The van der Waals surface area contributed by atoms with Crippen LogP contribution >= 0.6 is 23.2 Å². The fourth-order valence-corrected chi connectivity index (χ4v) is 0.950. The molecule has 0 aliphatic carbocycles. The molecule has 0 N–H and O–H groups in total. The SMILES string of the molecule is [O-]Cc1ccc(Cl)c(Cl)c1. The number of rotatable bonds is 1. The first-order valence-electron chi connectivity index (χ1n) is 2.76. The van der Waals surface area contributed by atoms with Crippen molar-refractivity contribution in [3.8, 4) is 0 Å². The molecular formula is C7H5Cl2O-. The van der Waals surface area contributed by atoms with Crippen molar-refractivity contribution in [3.05, 3.63) is 33.8 Å². The molecule has 0 atom stereocenters. The predicted octanol–water partition coefficient (Wildman–Crippen LogP) is 1.85. The van der Waals surface area contributed by atoms with Crippen molar-refractivity contribution in [1.82, 2.24) is 0 Å². The molecule has 0 aromatic heterocycles. The van der Waals surface area contributed by atoms with E-state index in [2.05, 4.69) is 0 Å². The van der Waals surface area contributed by atoms with E-state index in [4.69, 9.17) is 23.2 Å². The van der Waals surface area contributed by atoms with Crippen molar-refractivity contribution in [1.29, 1.82) is 0 Å². The van der Waals surface area contributed by atoms with Gasteiger partial charge in [-0.25, -0.2) is 0 Å². The van der Waals surface area contributed by atoms with Gasteiger partial charge in [0.05, 0.1) is 10.0 Å². The number of hydrogen-bond acceptors (Lipinski definition) is 1. The summed E-state index contributed by atoms with van der Waals surface area (Å²) >= 11 is 11.2. The summed E-state index contributed by atoms with van der Waals surface area (Å²) in [6, 6.07) is 4.87. The Labute approximate surface area is 69.2 Å². The van der Waals surface area contributed by atoms with E-state index in [-0.39, 0.29) is 6.61 Å². The third kappa shape index (κ3) is 1.63. The van der Waals surface area contributed by atoms with Crippen molar-refractivity contribution >= 4 is 23.2 Å². The summed E-state index contributed by atoms with van der Waals surface area (Å²) in [4.78, 5) is 0. The molecule has 10 heavy (non-hydrogen) atoms. The van der Waals surface area contributed by atoms with Crippen LogP contribution < -0.4 is 5.11 Å². The Balaban J connectivity index is 3.04. The fourth-order valence-electron chi connectivity index (χ4n) is 0.629. The molecule has 1 nitrogen and oxygen atoms in total. The first-order chi connectivity index (χ1) is 4.74. The van der Waals surface area contributed by atoms with Crippen molar-refractivity contribution in [2.24, 2.45) is 0 Å². The van der Waals surface area contributed by atoms with Crippen LogP contribution in [0.25, 0.3) is 0 Å². The first-order valence-corrected chi connectivity index (χ1v) is 3.51. The summed E-state index contributed by atoms with van der Waals surface area (Å²) in [5.41, 5.74) is 0.661. The molecule has 0 spiro atoms. The van der Waals surface area contributed by atoms with Gasteiger partial charge in [0.25, 0.3) is 0 Å². The summed E-state index contributed by atoms with van der Waals surface area (Å²) in [5.74, 6) is 0. The zero-order valence-electron chi connectivity index (χ0n) is 5.10. The normalized spacial score (nSPS) is 9.90. The molecule has 0 saturated carbocycles. The van der Waals surface area contributed by atoms with Gasteiger partial charge in [0.15, 0.2) is 0 Å². The number of halogens is 2. The summed E-state index contributed by atoms with van der Waals surface area (Å²) < 4.78 is 0. The molecule has 1 rings (SSSR count). The van der Waals surface area contributed by atoms with Gasteiger partial charge in [-0.05, 0) is 12.1 Å². The van der Waals surface area contributed by atoms with Crippen LogP contribution in [0.4, 0.5) is 0 Å². The van der Waals surface area contributed by atoms with Crippen molar-refractivity contribution in [3.63, 3.8) is 0 Å². The summed E-state index contributed by atoms with van der Waals surface area (Å²) in [7, 11) is 0. The minimum Gasteiger partial charge on any atom is -0.851 e. The second kappa shape index (κ2) is 3.24. The lowest BCUT2D eigenvalue weighted by Crippen LogP contribution is -2.01. The standard InChI is InChI=1S/C7H5Cl2O/c8-6-2-1-5(4-10)3-7(6)9/h1-3H,4H2/q-1. The Kier molecular flexibility index (Phi) is 2.55. The molecule has 0 bridgehead atoms. The Morgan fingerprint density at radius 1 is 1.20 bits per heavy atom. The lowest BCUT2D eigenvalue weighted by Gasteiger charge is -2.04. The molecule has 1 aromatic rings. The largest absolute Gasteiger partial charge is 0.851 e. The predicted molar refractivity (Wildman–Crippen MR) is 40.2 cm³/mol. The molecule has 0 radical (unpaired) electrons. The van der Waals surface area contributed by atoms with Crippen LogP contribution in [0.5, 0.6) is 0 Å². The highest BCUT2D eigenvalue weighted by molar-refractivity contribution is 6.41. The topological polar surface area (TPSA) is 23.1 Å². The van der Waals surface area contributed by atoms with Gasteiger partial charge >= 0.3 is 0 Å². The van der Waals surface area contributed by atoms with Crippen LogP contribution in [0, 0.1) is 0 Å². The smallest absolute Gasteiger partial charge is 0.0594 e. The molecule has 3 heteroatoms. The Morgan fingerprint density at radius 3 is 2.40 bits per heavy atom. The maximum atomic E-state index is 10.3. The Morgan fingerprint density at radius 2 is 1.90 bits per heavy atom. The highest BCUT2D eigenvalue weighted by atomic mass is 35.5. The molecule has 0 saturated heterocycles. The quantitative estimate of drug-likeness (QED) is 0.640. The molecule has 54 valence electrons. The Hall–Kier alpha value is -0.240. The number of hydrogen-bond donors (Lipinski definition) is 0. The maximum Gasteiger partial charge on any atom is 0.0594 e. The highest BCUT2D eigenvalue weighted by Gasteiger charge is 1.94. The highest BCUT2D eigenvalue weighted by Crippen LogP contribution is 2.21. The van der Waals surface area contributed by atoms with Gasteiger partial charge in [0.2, 0.25) is 0 Å². The van der Waals surface area contributed by atoms with E-state index in [0.29, 0.717) is 15.6 Å². The zero-order valence-corrected chi connectivity index (χ0v) is 6.62. The number of benzene rings is 1. The van der Waals surface area contributed by atoms with Crippen molar-refractivity contribution in [2.75, 3.05) is 0 Å². The second-order valence-electron chi connectivity index (χ2n) is 1.89. The van der Waals surface area contributed by atoms with Crippen LogP contribution in [0.1, 0.15) is 5.56 Å². The molecule has 0 unspecified atom stereocenters. The van der Waals surface area contributed by atoms with Gasteiger partial charge in [0.1, 0.15) is 0 Å². The van der Waals surface area contributed by atoms with E-state index in [0.717, 1.165) is 0 Å².